The third-order valence-corrected chi connectivity index (χ3v) is 5.39. The van der Waals surface area contributed by atoms with E-state index in [0.717, 1.165) is 11.6 Å². The van der Waals surface area contributed by atoms with Crippen LogP contribution in [0.15, 0.2) is 54.6 Å². The van der Waals surface area contributed by atoms with Crippen LogP contribution < -0.4 is 5.32 Å². The minimum absolute atomic E-state index is 0.125. The third-order valence-electron chi connectivity index (χ3n) is 5.39. The SMILES string of the molecule is O=C(CN1CCN(C(=O)c2ccccc2C(F)(F)F)CC1)NCCCOCc1ccccc1. The zero-order chi connectivity index (χ0) is 23.7. The lowest BCUT2D eigenvalue weighted by Crippen LogP contribution is -2.51. The van der Waals surface area contributed by atoms with Gasteiger partial charge in [0.25, 0.3) is 5.91 Å². The van der Waals surface area contributed by atoms with Gasteiger partial charge >= 0.3 is 6.18 Å². The Bertz CT molecular complexity index is 914. The van der Waals surface area contributed by atoms with Crippen LogP contribution in [0.1, 0.15) is 27.9 Å². The van der Waals surface area contributed by atoms with Crippen molar-refractivity contribution in [1.82, 2.24) is 15.1 Å². The molecular weight excluding hydrogens is 435 g/mol. The summed E-state index contributed by atoms with van der Waals surface area (Å²) in [5.74, 6) is -0.761. The second-order valence-corrected chi connectivity index (χ2v) is 7.85. The number of piperazine rings is 1. The summed E-state index contributed by atoms with van der Waals surface area (Å²) < 4.78 is 45.2. The summed E-state index contributed by atoms with van der Waals surface area (Å²) in [6.07, 6.45) is -3.89. The lowest BCUT2D eigenvalue weighted by atomic mass is 10.1. The predicted molar refractivity (Wildman–Crippen MR) is 118 cm³/mol. The van der Waals surface area contributed by atoms with Crippen molar-refractivity contribution in [3.05, 3.63) is 71.3 Å². The van der Waals surface area contributed by atoms with Gasteiger partial charge in [-0.3, -0.25) is 14.5 Å². The molecule has 2 aromatic carbocycles. The van der Waals surface area contributed by atoms with Gasteiger partial charge in [-0.1, -0.05) is 42.5 Å². The fourth-order valence-corrected chi connectivity index (χ4v) is 3.62. The van der Waals surface area contributed by atoms with E-state index in [2.05, 4.69) is 5.32 Å². The van der Waals surface area contributed by atoms with Gasteiger partial charge in [0.05, 0.1) is 24.3 Å². The van der Waals surface area contributed by atoms with Crippen LogP contribution in [-0.2, 0) is 22.3 Å². The Morgan fingerprint density at radius 2 is 1.61 bits per heavy atom. The minimum Gasteiger partial charge on any atom is -0.377 e. The zero-order valence-electron chi connectivity index (χ0n) is 18.3. The van der Waals surface area contributed by atoms with Gasteiger partial charge < -0.3 is 15.0 Å². The number of carbonyl (C=O) groups is 2. The van der Waals surface area contributed by atoms with Crippen LogP contribution in [0.3, 0.4) is 0 Å². The van der Waals surface area contributed by atoms with E-state index in [1.807, 2.05) is 35.2 Å². The normalized spacial score (nSPS) is 14.8. The number of amides is 2. The summed E-state index contributed by atoms with van der Waals surface area (Å²) in [5, 5.41) is 2.85. The Labute approximate surface area is 191 Å². The Morgan fingerprint density at radius 3 is 2.30 bits per heavy atom. The summed E-state index contributed by atoms with van der Waals surface area (Å²) in [6, 6.07) is 14.7. The van der Waals surface area contributed by atoms with Crippen LogP contribution in [0.25, 0.3) is 0 Å². The fourth-order valence-electron chi connectivity index (χ4n) is 3.62. The van der Waals surface area contributed by atoms with Crippen LogP contribution in [0, 0.1) is 0 Å². The van der Waals surface area contributed by atoms with Gasteiger partial charge in [-0.05, 0) is 24.1 Å². The Morgan fingerprint density at radius 1 is 0.939 bits per heavy atom. The highest BCUT2D eigenvalue weighted by Gasteiger charge is 2.36. The molecule has 1 aliphatic heterocycles. The molecule has 178 valence electrons. The van der Waals surface area contributed by atoms with Crippen LogP contribution in [0.2, 0.25) is 0 Å². The van der Waals surface area contributed by atoms with E-state index in [9.17, 15) is 22.8 Å². The van der Waals surface area contributed by atoms with Gasteiger partial charge in [-0.15, -0.1) is 0 Å². The first kappa shape index (κ1) is 24.7. The molecule has 1 fully saturated rings. The van der Waals surface area contributed by atoms with Gasteiger partial charge in [0, 0.05) is 39.3 Å². The van der Waals surface area contributed by atoms with Crippen molar-refractivity contribution in [1.29, 1.82) is 0 Å². The number of hydrogen-bond acceptors (Lipinski definition) is 4. The predicted octanol–water partition coefficient (Wildman–Crippen LogP) is 3.19. The maximum Gasteiger partial charge on any atom is 0.417 e. The Kier molecular flexibility index (Phi) is 8.85. The van der Waals surface area contributed by atoms with E-state index in [-0.39, 0.29) is 31.1 Å². The molecule has 1 saturated heterocycles. The molecule has 0 atom stereocenters. The topological polar surface area (TPSA) is 61.9 Å². The van der Waals surface area contributed by atoms with Crippen molar-refractivity contribution in [3.8, 4) is 0 Å². The maximum absolute atomic E-state index is 13.2. The number of carbonyl (C=O) groups excluding carboxylic acids is 2. The highest BCUT2D eigenvalue weighted by molar-refractivity contribution is 5.96. The Balaban J connectivity index is 1.34. The fraction of sp³-hybridized carbons (Fsp3) is 0.417. The number of ether oxygens (including phenoxy) is 1. The van der Waals surface area contributed by atoms with Crippen LogP contribution in [-0.4, -0.2) is 67.5 Å². The second kappa shape index (κ2) is 11.8. The highest BCUT2D eigenvalue weighted by Crippen LogP contribution is 2.32. The van der Waals surface area contributed by atoms with E-state index in [0.29, 0.717) is 39.3 Å². The van der Waals surface area contributed by atoms with Crippen molar-refractivity contribution >= 4 is 11.8 Å². The van der Waals surface area contributed by atoms with E-state index < -0.39 is 17.6 Å². The van der Waals surface area contributed by atoms with Crippen molar-refractivity contribution in [2.75, 3.05) is 45.9 Å². The van der Waals surface area contributed by atoms with Gasteiger partial charge in [0.15, 0.2) is 0 Å². The monoisotopic (exact) mass is 463 g/mol. The lowest BCUT2D eigenvalue weighted by Gasteiger charge is -2.34. The first-order valence-electron chi connectivity index (χ1n) is 10.9. The van der Waals surface area contributed by atoms with E-state index in [4.69, 9.17) is 4.74 Å². The van der Waals surface area contributed by atoms with Crippen molar-refractivity contribution in [2.24, 2.45) is 0 Å². The molecule has 1 N–H and O–H groups in total. The molecular formula is C24H28F3N3O3. The molecule has 33 heavy (non-hydrogen) atoms. The van der Waals surface area contributed by atoms with Crippen molar-refractivity contribution in [3.63, 3.8) is 0 Å². The average molecular weight is 464 g/mol. The molecule has 0 spiro atoms. The number of benzene rings is 2. The molecule has 2 amide bonds. The van der Waals surface area contributed by atoms with Gasteiger partial charge in [-0.25, -0.2) is 0 Å². The largest absolute Gasteiger partial charge is 0.417 e. The van der Waals surface area contributed by atoms with E-state index in [1.54, 1.807) is 0 Å². The molecule has 1 aliphatic rings. The van der Waals surface area contributed by atoms with E-state index in [1.165, 1.54) is 23.1 Å². The number of rotatable bonds is 9. The number of nitrogens with one attached hydrogen (secondary N) is 1. The standard InChI is InChI=1S/C24H28F3N3O3/c25-24(26,27)21-10-5-4-9-20(21)23(32)30-14-12-29(13-15-30)17-22(31)28-11-6-16-33-18-19-7-2-1-3-8-19/h1-5,7-10H,6,11-18H2,(H,28,31). The first-order valence-corrected chi connectivity index (χ1v) is 10.9. The summed E-state index contributed by atoms with van der Waals surface area (Å²) in [6.45, 7) is 3.14. The maximum atomic E-state index is 13.2. The highest BCUT2D eigenvalue weighted by atomic mass is 19.4. The molecule has 1 heterocycles. The third kappa shape index (κ3) is 7.57. The van der Waals surface area contributed by atoms with Crippen molar-refractivity contribution in [2.45, 2.75) is 19.2 Å². The summed E-state index contributed by atoms with van der Waals surface area (Å²) >= 11 is 0. The van der Waals surface area contributed by atoms with Crippen LogP contribution >= 0.6 is 0 Å². The summed E-state index contributed by atoms with van der Waals surface area (Å²) in [5.41, 5.74) is -0.170. The van der Waals surface area contributed by atoms with Gasteiger partial charge in [-0.2, -0.15) is 13.2 Å². The molecule has 0 radical (unpaired) electrons. The van der Waals surface area contributed by atoms with Gasteiger partial charge in [0.2, 0.25) is 5.91 Å². The molecule has 0 aromatic heterocycles. The smallest absolute Gasteiger partial charge is 0.377 e. The molecule has 6 nitrogen and oxygen atoms in total. The first-order chi connectivity index (χ1) is 15.8. The zero-order valence-corrected chi connectivity index (χ0v) is 18.3. The summed E-state index contributed by atoms with van der Waals surface area (Å²) in [4.78, 5) is 28.1. The van der Waals surface area contributed by atoms with Crippen LogP contribution in [0.5, 0.6) is 0 Å². The molecule has 3 rings (SSSR count). The molecule has 2 aromatic rings. The molecule has 0 bridgehead atoms. The van der Waals surface area contributed by atoms with Crippen molar-refractivity contribution < 1.29 is 27.5 Å². The molecule has 0 unspecified atom stereocenters. The molecule has 9 heteroatoms. The summed E-state index contributed by atoms with van der Waals surface area (Å²) in [7, 11) is 0. The number of nitrogens with zero attached hydrogens (tertiary/aromatic N) is 2. The number of halogens is 3. The second-order valence-electron chi connectivity index (χ2n) is 7.85. The average Bonchev–Trinajstić information content (AvgIpc) is 2.81. The molecule has 0 saturated carbocycles. The minimum atomic E-state index is -4.58. The van der Waals surface area contributed by atoms with E-state index >= 15 is 0 Å². The molecule has 0 aliphatic carbocycles. The van der Waals surface area contributed by atoms with Gasteiger partial charge in [0.1, 0.15) is 0 Å². The van der Waals surface area contributed by atoms with Crippen LogP contribution in [0.4, 0.5) is 13.2 Å². The number of alkyl halides is 3. The lowest BCUT2D eigenvalue weighted by molar-refractivity contribution is -0.138. The quantitative estimate of drug-likeness (QED) is 0.581. The Hall–Kier alpha value is -2.91. The number of hydrogen-bond donors (Lipinski definition) is 1.